The number of benzene rings is 1. The van der Waals surface area contributed by atoms with Gasteiger partial charge in [0.15, 0.2) is 0 Å². The topological polar surface area (TPSA) is 57.7 Å². The van der Waals surface area contributed by atoms with E-state index in [2.05, 4.69) is 41.1 Å². The van der Waals surface area contributed by atoms with E-state index in [4.69, 9.17) is 9.72 Å². The number of anilines is 1. The van der Waals surface area contributed by atoms with E-state index in [1.54, 1.807) is 11.3 Å². The van der Waals surface area contributed by atoms with Crippen molar-refractivity contribution in [3.8, 4) is 10.6 Å². The highest BCUT2D eigenvalue weighted by atomic mass is 32.1. The predicted molar refractivity (Wildman–Crippen MR) is 113 cm³/mol. The van der Waals surface area contributed by atoms with Gasteiger partial charge in [-0.25, -0.2) is 4.98 Å². The van der Waals surface area contributed by atoms with Gasteiger partial charge in [-0.05, 0) is 13.8 Å². The summed E-state index contributed by atoms with van der Waals surface area (Å²) >= 11 is 1.69. The second kappa shape index (κ2) is 8.59. The summed E-state index contributed by atoms with van der Waals surface area (Å²) in [6.07, 6.45) is 0.681. The standard InChI is InChI=1S/C21H28N4O2S/c1-15(2)25-18(19(26)22-8-9-24-10-12-27-13-11-24)14-17-21(25)28-20(23-17)16-6-4-3-5-7-16/h3-7,15,18H,8-14H2,1-2H3,(H,22,26). The maximum atomic E-state index is 12.9. The molecule has 0 bridgehead atoms. The summed E-state index contributed by atoms with van der Waals surface area (Å²) < 4.78 is 5.38. The minimum Gasteiger partial charge on any atom is -0.379 e. The van der Waals surface area contributed by atoms with Crippen LogP contribution in [0.15, 0.2) is 30.3 Å². The molecular formula is C21H28N4O2S. The van der Waals surface area contributed by atoms with Gasteiger partial charge in [0, 0.05) is 44.2 Å². The van der Waals surface area contributed by atoms with Crippen molar-refractivity contribution in [1.29, 1.82) is 0 Å². The first kappa shape index (κ1) is 19.4. The summed E-state index contributed by atoms with van der Waals surface area (Å²) in [5.41, 5.74) is 2.18. The molecule has 1 atom stereocenters. The van der Waals surface area contributed by atoms with Gasteiger partial charge in [0.25, 0.3) is 0 Å². The van der Waals surface area contributed by atoms with Crippen molar-refractivity contribution in [2.75, 3.05) is 44.3 Å². The van der Waals surface area contributed by atoms with Gasteiger partial charge in [-0.2, -0.15) is 0 Å². The van der Waals surface area contributed by atoms with E-state index in [1.165, 1.54) is 0 Å². The van der Waals surface area contributed by atoms with Crippen molar-refractivity contribution in [3.63, 3.8) is 0 Å². The third-order valence-corrected chi connectivity index (χ3v) is 6.50. The predicted octanol–water partition coefficient (Wildman–Crippen LogP) is 2.40. The summed E-state index contributed by atoms with van der Waals surface area (Å²) in [4.78, 5) is 22.3. The molecular weight excluding hydrogens is 372 g/mol. The lowest BCUT2D eigenvalue weighted by Gasteiger charge is -2.30. The van der Waals surface area contributed by atoms with E-state index in [1.807, 2.05) is 18.2 Å². The molecule has 1 saturated heterocycles. The second-order valence-electron chi connectivity index (χ2n) is 7.60. The van der Waals surface area contributed by atoms with E-state index in [0.717, 1.165) is 54.1 Å². The Morgan fingerprint density at radius 3 is 2.75 bits per heavy atom. The number of rotatable bonds is 6. The molecule has 2 aromatic rings. The zero-order valence-corrected chi connectivity index (χ0v) is 17.4. The molecule has 1 aromatic heterocycles. The van der Waals surface area contributed by atoms with Crippen LogP contribution in [0.25, 0.3) is 10.6 Å². The monoisotopic (exact) mass is 400 g/mol. The number of hydrogen-bond acceptors (Lipinski definition) is 6. The van der Waals surface area contributed by atoms with Crippen molar-refractivity contribution in [2.24, 2.45) is 0 Å². The van der Waals surface area contributed by atoms with Crippen LogP contribution in [0.5, 0.6) is 0 Å². The molecule has 2 aliphatic heterocycles. The molecule has 7 heteroatoms. The number of morpholine rings is 1. The average Bonchev–Trinajstić information content (AvgIpc) is 3.27. The zero-order chi connectivity index (χ0) is 19.5. The van der Waals surface area contributed by atoms with Crippen molar-refractivity contribution in [3.05, 3.63) is 36.0 Å². The van der Waals surface area contributed by atoms with Crippen LogP contribution in [0, 0.1) is 0 Å². The Hall–Kier alpha value is -1.96. The lowest BCUT2D eigenvalue weighted by molar-refractivity contribution is -0.122. The molecule has 1 amide bonds. The van der Waals surface area contributed by atoms with Crippen molar-refractivity contribution >= 4 is 22.2 Å². The molecule has 3 heterocycles. The number of fused-ring (bicyclic) bond motifs is 1. The highest BCUT2D eigenvalue weighted by Crippen LogP contribution is 2.42. The summed E-state index contributed by atoms with van der Waals surface area (Å²) in [5, 5.41) is 5.31. The fourth-order valence-corrected chi connectivity index (χ4v) is 5.18. The molecule has 150 valence electrons. The summed E-state index contributed by atoms with van der Waals surface area (Å²) in [7, 11) is 0. The molecule has 1 N–H and O–H groups in total. The second-order valence-corrected chi connectivity index (χ2v) is 8.58. The van der Waals surface area contributed by atoms with Gasteiger partial charge in [0.2, 0.25) is 5.91 Å². The molecule has 2 aliphatic rings. The molecule has 1 unspecified atom stereocenters. The van der Waals surface area contributed by atoms with Crippen LogP contribution in [0.4, 0.5) is 5.00 Å². The zero-order valence-electron chi connectivity index (χ0n) is 16.6. The SMILES string of the molecule is CC(C)N1c2sc(-c3ccccc3)nc2CC1C(=O)NCCN1CCOCC1. The van der Waals surface area contributed by atoms with Crippen LogP contribution in [-0.2, 0) is 16.0 Å². The van der Waals surface area contributed by atoms with Crippen LogP contribution >= 0.6 is 11.3 Å². The van der Waals surface area contributed by atoms with Crippen LogP contribution in [0.1, 0.15) is 19.5 Å². The molecule has 28 heavy (non-hydrogen) atoms. The van der Waals surface area contributed by atoms with Gasteiger partial charge < -0.3 is 15.0 Å². The summed E-state index contributed by atoms with van der Waals surface area (Å²) in [6, 6.07) is 10.3. The number of hydrogen-bond donors (Lipinski definition) is 1. The molecule has 6 nitrogen and oxygen atoms in total. The molecule has 1 aromatic carbocycles. The van der Waals surface area contributed by atoms with Crippen LogP contribution in [0.2, 0.25) is 0 Å². The van der Waals surface area contributed by atoms with Gasteiger partial charge in [-0.1, -0.05) is 41.7 Å². The minimum absolute atomic E-state index is 0.105. The lowest BCUT2D eigenvalue weighted by Crippen LogP contribution is -2.50. The maximum Gasteiger partial charge on any atom is 0.243 e. The minimum atomic E-state index is -0.164. The average molecular weight is 401 g/mol. The number of nitrogens with one attached hydrogen (secondary N) is 1. The number of amides is 1. The Morgan fingerprint density at radius 1 is 1.29 bits per heavy atom. The third kappa shape index (κ3) is 4.06. The molecule has 0 radical (unpaired) electrons. The number of carbonyl (C=O) groups is 1. The Morgan fingerprint density at radius 2 is 2.04 bits per heavy atom. The first-order chi connectivity index (χ1) is 13.6. The van der Waals surface area contributed by atoms with Crippen LogP contribution in [-0.4, -0.2) is 67.3 Å². The number of ether oxygens (including phenoxy) is 1. The smallest absolute Gasteiger partial charge is 0.243 e. The fraction of sp³-hybridized carbons (Fsp3) is 0.524. The van der Waals surface area contributed by atoms with E-state index in [0.29, 0.717) is 13.0 Å². The van der Waals surface area contributed by atoms with Crippen molar-refractivity contribution in [2.45, 2.75) is 32.4 Å². The van der Waals surface area contributed by atoms with E-state index in [-0.39, 0.29) is 18.0 Å². The van der Waals surface area contributed by atoms with Gasteiger partial charge in [-0.3, -0.25) is 9.69 Å². The summed E-state index contributed by atoms with van der Waals surface area (Å²) in [6.45, 7) is 9.30. The molecule has 0 aliphatic carbocycles. The Labute approximate surface area is 170 Å². The molecule has 1 fully saturated rings. The number of aromatic nitrogens is 1. The molecule has 0 saturated carbocycles. The Balaban J connectivity index is 1.41. The van der Waals surface area contributed by atoms with Crippen molar-refractivity contribution < 1.29 is 9.53 Å². The first-order valence-corrected chi connectivity index (χ1v) is 10.9. The van der Waals surface area contributed by atoms with Gasteiger partial charge in [0.1, 0.15) is 16.1 Å². The van der Waals surface area contributed by atoms with Gasteiger partial charge >= 0.3 is 0 Å². The third-order valence-electron chi connectivity index (χ3n) is 5.34. The fourth-order valence-electron chi connectivity index (χ4n) is 3.90. The number of nitrogens with zero attached hydrogens (tertiary/aromatic N) is 3. The Kier molecular flexibility index (Phi) is 5.94. The normalized spacial score (nSPS) is 19.8. The number of thiazole rings is 1. The quantitative estimate of drug-likeness (QED) is 0.807. The van der Waals surface area contributed by atoms with E-state index in [9.17, 15) is 4.79 Å². The van der Waals surface area contributed by atoms with E-state index < -0.39 is 0 Å². The van der Waals surface area contributed by atoms with E-state index >= 15 is 0 Å². The van der Waals surface area contributed by atoms with Gasteiger partial charge in [-0.15, -0.1) is 0 Å². The highest BCUT2D eigenvalue weighted by molar-refractivity contribution is 7.19. The lowest BCUT2D eigenvalue weighted by atomic mass is 10.1. The number of carbonyl (C=O) groups excluding carboxylic acids is 1. The molecule has 0 spiro atoms. The Bertz CT molecular complexity index is 802. The van der Waals surface area contributed by atoms with Crippen LogP contribution in [0.3, 0.4) is 0 Å². The highest BCUT2D eigenvalue weighted by Gasteiger charge is 2.38. The molecule has 4 rings (SSSR count). The summed E-state index contributed by atoms with van der Waals surface area (Å²) in [5.74, 6) is 0.105. The maximum absolute atomic E-state index is 12.9. The van der Waals surface area contributed by atoms with Crippen molar-refractivity contribution in [1.82, 2.24) is 15.2 Å². The largest absolute Gasteiger partial charge is 0.379 e. The van der Waals surface area contributed by atoms with Gasteiger partial charge in [0.05, 0.1) is 18.9 Å². The van der Waals surface area contributed by atoms with Crippen LogP contribution < -0.4 is 10.2 Å². The first-order valence-electron chi connectivity index (χ1n) is 10.0.